The highest BCUT2D eigenvalue weighted by atomic mass is 32.2. The summed E-state index contributed by atoms with van der Waals surface area (Å²) in [6, 6.07) is 12.0. The molecule has 0 saturated carbocycles. The van der Waals surface area contributed by atoms with Crippen LogP contribution < -0.4 is 0 Å². The number of benzene rings is 1. The Morgan fingerprint density at radius 1 is 1.29 bits per heavy atom. The first kappa shape index (κ1) is 10.9. The Kier molecular flexibility index (Phi) is 4.95. The van der Waals surface area contributed by atoms with Crippen LogP contribution in [-0.2, 0) is 17.2 Å². The van der Waals surface area contributed by atoms with Gasteiger partial charge in [-0.25, -0.2) is 0 Å². The van der Waals surface area contributed by atoms with E-state index in [0.29, 0.717) is 5.75 Å². The molecule has 3 heteroatoms. The molecule has 1 rings (SSSR count). The van der Waals surface area contributed by atoms with E-state index in [1.807, 2.05) is 24.3 Å². The van der Waals surface area contributed by atoms with E-state index in [0.717, 1.165) is 12.8 Å². The monoisotopic (exact) mass is 207 g/mol. The van der Waals surface area contributed by atoms with Gasteiger partial charge in [-0.15, -0.1) is 0 Å². The van der Waals surface area contributed by atoms with Crippen LogP contribution >= 0.6 is 0 Å². The second-order valence-electron chi connectivity index (χ2n) is 3.04. The molecule has 0 bridgehead atoms. The number of nitrogens with zero attached hydrogens (tertiary/aromatic N) is 1. The van der Waals surface area contributed by atoms with Crippen molar-refractivity contribution in [3.63, 3.8) is 0 Å². The van der Waals surface area contributed by atoms with Crippen LogP contribution in [0.5, 0.6) is 0 Å². The zero-order chi connectivity index (χ0) is 10.2. The fourth-order valence-corrected chi connectivity index (χ4v) is 1.98. The lowest BCUT2D eigenvalue weighted by atomic mass is 10.1. The van der Waals surface area contributed by atoms with Gasteiger partial charge in [0.1, 0.15) is 5.75 Å². The molecule has 0 N–H and O–H groups in total. The van der Waals surface area contributed by atoms with Crippen LogP contribution in [0.15, 0.2) is 30.3 Å². The fourth-order valence-electron chi connectivity index (χ4n) is 1.23. The highest BCUT2D eigenvalue weighted by Gasteiger charge is 1.98. The molecule has 0 aliphatic rings. The maximum Gasteiger partial charge on any atom is 0.111 e. The van der Waals surface area contributed by atoms with Gasteiger partial charge in [0.25, 0.3) is 0 Å². The Morgan fingerprint density at radius 3 is 2.64 bits per heavy atom. The molecule has 1 atom stereocenters. The Bertz CT molecular complexity index is 329. The lowest BCUT2D eigenvalue weighted by molar-refractivity contribution is 0.682. The van der Waals surface area contributed by atoms with E-state index in [4.69, 9.17) is 5.26 Å². The third-order valence-electron chi connectivity index (χ3n) is 1.91. The summed E-state index contributed by atoms with van der Waals surface area (Å²) >= 11 is 0. The highest BCUT2D eigenvalue weighted by molar-refractivity contribution is 7.85. The van der Waals surface area contributed by atoms with Crippen LogP contribution in [0.2, 0.25) is 0 Å². The van der Waals surface area contributed by atoms with Gasteiger partial charge in [0.05, 0.1) is 6.07 Å². The van der Waals surface area contributed by atoms with E-state index >= 15 is 0 Å². The molecule has 0 fully saturated rings. The first-order valence-corrected chi connectivity index (χ1v) is 6.07. The minimum atomic E-state index is -0.955. The first-order valence-electron chi connectivity index (χ1n) is 4.59. The second-order valence-corrected chi connectivity index (χ2v) is 4.61. The maximum absolute atomic E-state index is 11.1. The van der Waals surface area contributed by atoms with E-state index in [1.54, 1.807) is 0 Å². The lowest BCUT2D eigenvalue weighted by Gasteiger charge is -1.99. The van der Waals surface area contributed by atoms with Gasteiger partial charge >= 0.3 is 0 Å². The number of nitriles is 1. The van der Waals surface area contributed by atoms with E-state index in [1.165, 1.54) is 5.56 Å². The average Bonchev–Trinajstić information content (AvgIpc) is 2.20. The van der Waals surface area contributed by atoms with Crippen molar-refractivity contribution in [2.45, 2.75) is 12.8 Å². The standard InChI is InChI=1S/C11H13NOS/c12-8-10-14(13)9-4-7-11-5-2-1-3-6-11/h1-3,5-6H,4,7,9-10H2. The highest BCUT2D eigenvalue weighted by Crippen LogP contribution is 2.02. The van der Waals surface area contributed by atoms with Crippen molar-refractivity contribution in [1.82, 2.24) is 0 Å². The van der Waals surface area contributed by atoms with Crippen molar-refractivity contribution in [2.24, 2.45) is 0 Å². The average molecular weight is 207 g/mol. The molecule has 0 heterocycles. The van der Waals surface area contributed by atoms with E-state index < -0.39 is 10.8 Å². The summed E-state index contributed by atoms with van der Waals surface area (Å²) in [7, 11) is -0.955. The van der Waals surface area contributed by atoms with Crippen LogP contribution in [0.4, 0.5) is 0 Å². The molecule has 0 aromatic heterocycles. The number of rotatable bonds is 5. The molecule has 1 aromatic carbocycles. The third kappa shape index (κ3) is 4.20. The zero-order valence-corrected chi connectivity index (χ0v) is 8.80. The van der Waals surface area contributed by atoms with Crippen LogP contribution in [0.3, 0.4) is 0 Å². The van der Waals surface area contributed by atoms with Gasteiger partial charge in [0.2, 0.25) is 0 Å². The fraction of sp³-hybridized carbons (Fsp3) is 0.364. The molecule has 0 aliphatic carbocycles. The van der Waals surface area contributed by atoms with Gasteiger partial charge < -0.3 is 0 Å². The Hall–Kier alpha value is -1.14. The summed E-state index contributed by atoms with van der Waals surface area (Å²) in [6.45, 7) is 0. The van der Waals surface area contributed by atoms with Gasteiger partial charge in [0, 0.05) is 16.6 Å². The van der Waals surface area contributed by atoms with Crippen LogP contribution in [0, 0.1) is 11.3 Å². The second kappa shape index (κ2) is 6.33. The predicted molar refractivity (Wildman–Crippen MR) is 58.3 cm³/mol. The van der Waals surface area contributed by atoms with Crippen molar-refractivity contribution in [2.75, 3.05) is 11.5 Å². The molecular formula is C11H13NOS. The van der Waals surface area contributed by atoms with Crippen LogP contribution in [0.25, 0.3) is 0 Å². The Labute approximate surface area is 87.0 Å². The summed E-state index contributed by atoms with van der Waals surface area (Å²) in [4.78, 5) is 0. The van der Waals surface area contributed by atoms with Gasteiger partial charge in [0.15, 0.2) is 0 Å². The van der Waals surface area contributed by atoms with Gasteiger partial charge in [-0.1, -0.05) is 30.3 Å². The van der Waals surface area contributed by atoms with Gasteiger partial charge in [-0.3, -0.25) is 4.21 Å². The van der Waals surface area contributed by atoms with Gasteiger partial charge in [-0.2, -0.15) is 5.26 Å². The molecule has 74 valence electrons. The quantitative estimate of drug-likeness (QED) is 0.739. The molecule has 1 aromatic rings. The first-order chi connectivity index (χ1) is 6.83. The molecule has 14 heavy (non-hydrogen) atoms. The normalized spacial score (nSPS) is 11.9. The van der Waals surface area contributed by atoms with Crippen molar-refractivity contribution in [3.8, 4) is 6.07 Å². The largest absolute Gasteiger partial charge is 0.259 e. The maximum atomic E-state index is 11.1. The van der Waals surface area contributed by atoms with Gasteiger partial charge in [-0.05, 0) is 18.4 Å². The minimum absolute atomic E-state index is 0.161. The SMILES string of the molecule is N#CCS(=O)CCCc1ccccc1. The van der Waals surface area contributed by atoms with E-state index in [-0.39, 0.29) is 5.75 Å². The number of aryl methyl sites for hydroxylation is 1. The van der Waals surface area contributed by atoms with E-state index in [2.05, 4.69) is 12.1 Å². The van der Waals surface area contributed by atoms with Crippen molar-refractivity contribution in [3.05, 3.63) is 35.9 Å². The minimum Gasteiger partial charge on any atom is -0.259 e. The molecule has 0 spiro atoms. The Morgan fingerprint density at radius 2 is 2.00 bits per heavy atom. The Balaban J connectivity index is 2.23. The predicted octanol–water partition coefficient (Wildman–Crippen LogP) is 1.89. The third-order valence-corrected chi connectivity index (χ3v) is 3.10. The van der Waals surface area contributed by atoms with Crippen LogP contribution in [-0.4, -0.2) is 15.7 Å². The van der Waals surface area contributed by atoms with Crippen molar-refractivity contribution < 1.29 is 4.21 Å². The summed E-state index contributed by atoms with van der Waals surface area (Å²) in [5, 5.41) is 8.31. The van der Waals surface area contributed by atoms with Crippen molar-refractivity contribution >= 4 is 10.8 Å². The molecule has 1 unspecified atom stereocenters. The van der Waals surface area contributed by atoms with Crippen molar-refractivity contribution in [1.29, 1.82) is 5.26 Å². The van der Waals surface area contributed by atoms with E-state index in [9.17, 15) is 4.21 Å². The topological polar surface area (TPSA) is 40.9 Å². The molecule has 0 aliphatic heterocycles. The molecular weight excluding hydrogens is 194 g/mol. The molecule has 0 radical (unpaired) electrons. The summed E-state index contributed by atoms with van der Waals surface area (Å²) in [5.74, 6) is 0.789. The smallest absolute Gasteiger partial charge is 0.111 e. The molecule has 2 nitrogen and oxygen atoms in total. The number of hydrogen-bond donors (Lipinski definition) is 0. The summed E-state index contributed by atoms with van der Waals surface area (Å²) < 4.78 is 11.1. The molecule has 0 amide bonds. The van der Waals surface area contributed by atoms with Crippen LogP contribution in [0.1, 0.15) is 12.0 Å². The molecule has 0 saturated heterocycles. The lowest BCUT2D eigenvalue weighted by Crippen LogP contribution is -2.01. The summed E-state index contributed by atoms with van der Waals surface area (Å²) in [5.41, 5.74) is 1.27. The zero-order valence-electron chi connectivity index (χ0n) is 7.98. The summed E-state index contributed by atoms with van der Waals surface area (Å²) in [6.07, 6.45) is 1.83. The number of hydrogen-bond acceptors (Lipinski definition) is 2.